The van der Waals surface area contributed by atoms with E-state index in [1.54, 1.807) is 4.68 Å². The number of aromatic nitrogens is 4. The van der Waals surface area contributed by atoms with Crippen LogP contribution in [0.2, 0.25) is 0 Å². The topological polar surface area (TPSA) is 55.6 Å². The molecule has 6 heteroatoms. The van der Waals surface area contributed by atoms with Crippen LogP contribution in [0, 0.1) is 10.5 Å². The molecule has 0 amide bonds. The van der Waals surface area contributed by atoms with Crippen LogP contribution in [0.5, 0.6) is 0 Å². The third kappa shape index (κ3) is 3.11. The van der Waals surface area contributed by atoms with Gasteiger partial charge in [0, 0.05) is 19.8 Å². The van der Waals surface area contributed by atoms with Gasteiger partial charge in [0.2, 0.25) is 0 Å². The van der Waals surface area contributed by atoms with Crippen molar-refractivity contribution in [1.29, 1.82) is 0 Å². The van der Waals surface area contributed by atoms with E-state index in [-0.39, 0.29) is 0 Å². The lowest BCUT2D eigenvalue weighted by molar-refractivity contribution is 0.756. The lowest BCUT2D eigenvalue weighted by Crippen LogP contribution is -2.09. The fourth-order valence-electron chi connectivity index (χ4n) is 2.03. The van der Waals surface area contributed by atoms with Gasteiger partial charge in [-0.05, 0) is 42.4 Å². The van der Waals surface area contributed by atoms with E-state index < -0.39 is 0 Å². The SMILES string of the molecule is CCCNc1nc(-c2cn(C)nc2C)nc(CC)c1I. The number of rotatable bonds is 5. The molecule has 0 aliphatic carbocycles. The van der Waals surface area contributed by atoms with Crippen molar-refractivity contribution in [1.82, 2.24) is 19.7 Å². The highest BCUT2D eigenvalue weighted by Crippen LogP contribution is 2.25. The normalized spacial score (nSPS) is 10.8. The van der Waals surface area contributed by atoms with E-state index in [1.807, 2.05) is 20.2 Å². The van der Waals surface area contributed by atoms with Crippen molar-refractivity contribution in [3.05, 3.63) is 21.2 Å². The monoisotopic (exact) mass is 385 g/mol. The molecule has 1 N–H and O–H groups in total. The van der Waals surface area contributed by atoms with Crippen LogP contribution in [0.4, 0.5) is 5.82 Å². The smallest absolute Gasteiger partial charge is 0.165 e. The maximum atomic E-state index is 4.69. The molecule has 2 heterocycles. The molecule has 0 fully saturated rings. The lowest BCUT2D eigenvalue weighted by Gasteiger charge is -2.11. The third-order valence-electron chi connectivity index (χ3n) is 3.05. The molecule has 2 rings (SSSR count). The molecule has 0 aliphatic rings. The summed E-state index contributed by atoms with van der Waals surface area (Å²) in [7, 11) is 1.92. The predicted molar refractivity (Wildman–Crippen MR) is 89.8 cm³/mol. The van der Waals surface area contributed by atoms with Crippen molar-refractivity contribution < 1.29 is 0 Å². The van der Waals surface area contributed by atoms with Crippen molar-refractivity contribution >= 4 is 28.4 Å². The fourth-order valence-corrected chi connectivity index (χ4v) is 2.84. The minimum absolute atomic E-state index is 0.756. The average molecular weight is 385 g/mol. The van der Waals surface area contributed by atoms with Crippen LogP contribution in [0.3, 0.4) is 0 Å². The number of halogens is 1. The van der Waals surface area contributed by atoms with E-state index in [9.17, 15) is 0 Å². The Morgan fingerprint density at radius 1 is 1.30 bits per heavy atom. The highest BCUT2D eigenvalue weighted by molar-refractivity contribution is 14.1. The van der Waals surface area contributed by atoms with Crippen LogP contribution < -0.4 is 5.32 Å². The predicted octanol–water partition coefficient (Wildman–Crippen LogP) is 3.17. The van der Waals surface area contributed by atoms with Gasteiger partial charge in [-0.15, -0.1) is 0 Å². The molecule has 0 bridgehead atoms. The zero-order valence-electron chi connectivity index (χ0n) is 12.4. The van der Waals surface area contributed by atoms with Crippen molar-refractivity contribution in [2.45, 2.75) is 33.6 Å². The zero-order chi connectivity index (χ0) is 14.7. The molecule has 0 aliphatic heterocycles. The number of nitrogens with zero attached hydrogens (tertiary/aromatic N) is 4. The summed E-state index contributed by atoms with van der Waals surface area (Å²) in [6.07, 6.45) is 3.94. The summed E-state index contributed by atoms with van der Waals surface area (Å²) in [6.45, 7) is 7.17. The van der Waals surface area contributed by atoms with Gasteiger partial charge in [-0.25, -0.2) is 9.97 Å². The molecule has 108 valence electrons. The van der Waals surface area contributed by atoms with Gasteiger partial charge in [0.15, 0.2) is 5.82 Å². The summed E-state index contributed by atoms with van der Waals surface area (Å²) in [4.78, 5) is 9.37. The Labute approximate surface area is 133 Å². The molecular formula is C14H20IN5. The zero-order valence-corrected chi connectivity index (χ0v) is 14.5. The summed E-state index contributed by atoms with van der Waals surface area (Å²) >= 11 is 2.32. The van der Waals surface area contributed by atoms with Gasteiger partial charge >= 0.3 is 0 Å². The summed E-state index contributed by atoms with van der Waals surface area (Å²) in [5, 5.41) is 7.76. The molecule has 0 atom stereocenters. The van der Waals surface area contributed by atoms with Crippen LogP contribution in [0.25, 0.3) is 11.4 Å². The molecule has 0 aromatic carbocycles. The van der Waals surface area contributed by atoms with Crippen molar-refractivity contribution in [2.24, 2.45) is 7.05 Å². The first kappa shape index (κ1) is 15.2. The van der Waals surface area contributed by atoms with E-state index >= 15 is 0 Å². The first-order chi connectivity index (χ1) is 9.56. The van der Waals surface area contributed by atoms with Gasteiger partial charge in [-0.1, -0.05) is 13.8 Å². The molecule has 5 nitrogen and oxygen atoms in total. The molecule has 20 heavy (non-hydrogen) atoms. The van der Waals surface area contributed by atoms with Gasteiger partial charge in [0.1, 0.15) is 5.82 Å². The molecule has 0 saturated carbocycles. The second-order valence-electron chi connectivity index (χ2n) is 4.74. The van der Waals surface area contributed by atoms with Gasteiger partial charge in [0.25, 0.3) is 0 Å². The number of hydrogen-bond acceptors (Lipinski definition) is 4. The Bertz CT molecular complexity index is 606. The summed E-state index contributed by atoms with van der Waals surface area (Å²) < 4.78 is 2.92. The van der Waals surface area contributed by atoms with Crippen LogP contribution in [-0.2, 0) is 13.5 Å². The van der Waals surface area contributed by atoms with Gasteiger partial charge in [-0.3, -0.25) is 4.68 Å². The van der Waals surface area contributed by atoms with Gasteiger partial charge < -0.3 is 5.32 Å². The Balaban J connectivity index is 2.50. The van der Waals surface area contributed by atoms with E-state index in [0.717, 1.165) is 51.6 Å². The number of hydrogen-bond donors (Lipinski definition) is 1. The maximum Gasteiger partial charge on any atom is 0.165 e. The molecular weight excluding hydrogens is 365 g/mol. The van der Waals surface area contributed by atoms with Crippen molar-refractivity contribution in [3.63, 3.8) is 0 Å². The van der Waals surface area contributed by atoms with Crippen molar-refractivity contribution in [2.75, 3.05) is 11.9 Å². The molecule has 0 spiro atoms. The van der Waals surface area contributed by atoms with Crippen LogP contribution in [0.15, 0.2) is 6.20 Å². The second-order valence-corrected chi connectivity index (χ2v) is 5.82. The van der Waals surface area contributed by atoms with E-state index in [2.05, 4.69) is 51.8 Å². The quantitative estimate of drug-likeness (QED) is 0.804. The van der Waals surface area contributed by atoms with E-state index in [4.69, 9.17) is 4.98 Å². The Morgan fingerprint density at radius 2 is 2.05 bits per heavy atom. The largest absolute Gasteiger partial charge is 0.369 e. The summed E-state index contributed by atoms with van der Waals surface area (Å²) in [5.74, 6) is 1.68. The molecule has 2 aromatic rings. The Morgan fingerprint density at radius 3 is 2.60 bits per heavy atom. The van der Waals surface area contributed by atoms with Gasteiger partial charge in [-0.2, -0.15) is 5.10 Å². The maximum absolute atomic E-state index is 4.69. The van der Waals surface area contributed by atoms with Crippen LogP contribution >= 0.6 is 22.6 Å². The molecule has 2 aromatic heterocycles. The minimum atomic E-state index is 0.756. The molecule has 0 unspecified atom stereocenters. The number of anilines is 1. The van der Waals surface area contributed by atoms with E-state index in [0.29, 0.717) is 0 Å². The number of aryl methyl sites for hydroxylation is 3. The first-order valence-electron chi connectivity index (χ1n) is 6.87. The highest BCUT2D eigenvalue weighted by Gasteiger charge is 2.15. The van der Waals surface area contributed by atoms with E-state index in [1.165, 1.54) is 0 Å². The highest BCUT2D eigenvalue weighted by atomic mass is 127. The second kappa shape index (κ2) is 6.51. The Kier molecular flexibility index (Phi) is 4.95. The third-order valence-corrected chi connectivity index (χ3v) is 4.19. The summed E-state index contributed by atoms with van der Waals surface area (Å²) in [5.41, 5.74) is 3.04. The minimum Gasteiger partial charge on any atom is -0.369 e. The summed E-state index contributed by atoms with van der Waals surface area (Å²) in [6, 6.07) is 0. The number of nitrogens with one attached hydrogen (secondary N) is 1. The first-order valence-corrected chi connectivity index (χ1v) is 7.95. The average Bonchev–Trinajstić information content (AvgIpc) is 2.76. The van der Waals surface area contributed by atoms with Crippen LogP contribution in [0.1, 0.15) is 31.7 Å². The van der Waals surface area contributed by atoms with Gasteiger partial charge in [0.05, 0.1) is 20.5 Å². The molecule has 0 radical (unpaired) electrons. The lowest BCUT2D eigenvalue weighted by atomic mass is 10.2. The molecule has 0 saturated heterocycles. The standard InChI is InChI=1S/C14H20IN5/c1-5-7-16-14-12(15)11(6-2)17-13(18-14)10-8-20(4)19-9(10)3/h8H,5-7H2,1-4H3,(H,16,17,18). The van der Waals surface area contributed by atoms with Crippen molar-refractivity contribution in [3.8, 4) is 11.4 Å². The fraction of sp³-hybridized carbons (Fsp3) is 0.500. The van der Waals surface area contributed by atoms with Crippen LogP contribution in [-0.4, -0.2) is 26.3 Å². The Hall–Kier alpha value is -1.18.